The predicted molar refractivity (Wildman–Crippen MR) is 59.5 cm³/mol. The quantitative estimate of drug-likeness (QED) is 0.709. The maximum absolute atomic E-state index is 10.7. The average Bonchev–Trinajstić information content (AvgIpc) is 2.58. The maximum Gasteiger partial charge on any atom is 0.303 e. The number of ether oxygens (including phenoxy) is 1. The van der Waals surface area contributed by atoms with Gasteiger partial charge in [0.25, 0.3) is 0 Å². The third-order valence-corrected chi connectivity index (χ3v) is 2.40. The van der Waals surface area contributed by atoms with Crippen LogP contribution in [0.3, 0.4) is 0 Å². The molecular weight excluding hydrogens is 224 g/mol. The first-order chi connectivity index (χ1) is 8.02. The van der Waals surface area contributed by atoms with E-state index in [2.05, 4.69) is 5.10 Å². The largest absolute Gasteiger partial charge is 0.481 e. The predicted octanol–water partition coefficient (Wildman–Crippen LogP) is 0.677. The van der Waals surface area contributed by atoms with E-state index in [1.807, 2.05) is 20.0 Å². The van der Waals surface area contributed by atoms with E-state index in [1.54, 1.807) is 4.68 Å². The van der Waals surface area contributed by atoms with Crippen LogP contribution in [0.1, 0.15) is 24.2 Å². The van der Waals surface area contributed by atoms with E-state index in [0.717, 1.165) is 11.4 Å². The molecular formula is C11H16N2O4. The molecule has 1 heterocycles. The molecule has 0 radical (unpaired) electrons. The van der Waals surface area contributed by atoms with Gasteiger partial charge in [0, 0.05) is 19.2 Å². The number of rotatable bonds is 7. The number of hydrogen-bond acceptors (Lipinski definition) is 4. The highest BCUT2D eigenvalue weighted by atomic mass is 16.5. The van der Waals surface area contributed by atoms with Gasteiger partial charge < -0.3 is 14.6 Å². The number of carboxylic acid groups (broad SMARTS) is 1. The SMILES string of the molecule is Cc1cc(COC(C=O)CCC(=O)O)nn1C. The van der Waals surface area contributed by atoms with Crippen LogP contribution in [-0.2, 0) is 28.0 Å². The van der Waals surface area contributed by atoms with Crippen LogP contribution in [0.5, 0.6) is 0 Å². The Hall–Kier alpha value is -1.69. The molecule has 6 heteroatoms. The van der Waals surface area contributed by atoms with Gasteiger partial charge in [-0.25, -0.2) is 0 Å². The number of aryl methyl sites for hydroxylation is 2. The van der Waals surface area contributed by atoms with Gasteiger partial charge in [-0.2, -0.15) is 5.10 Å². The second kappa shape index (κ2) is 6.15. The molecule has 0 aromatic carbocycles. The highest BCUT2D eigenvalue weighted by Crippen LogP contribution is 2.07. The minimum absolute atomic E-state index is 0.0787. The minimum atomic E-state index is -0.936. The number of carbonyl (C=O) groups excluding carboxylic acids is 1. The molecule has 0 aliphatic heterocycles. The maximum atomic E-state index is 10.7. The van der Waals surface area contributed by atoms with E-state index in [0.29, 0.717) is 6.29 Å². The normalized spacial score (nSPS) is 12.4. The van der Waals surface area contributed by atoms with Gasteiger partial charge in [0.2, 0.25) is 0 Å². The van der Waals surface area contributed by atoms with Crippen LogP contribution >= 0.6 is 0 Å². The van der Waals surface area contributed by atoms with Crippen molar-refractivity contribution in [3.8, 4) is 0 Å². The summed E-state index contributed by atoms with van der Waals surface area (Å²) in [6, 6.07) is 1.86. The van der Waals surface area contributed by atoms with Gasteiger partial charge in [-0.3, -0.25) is 9.48 Å². The zero-order chi connectivity index (χ0) is 12.8. The molecule has 1 N–H and O–H groups in total. The van der Waals surface area contributed by atoms with Crippen LogP contribution in [0.25, 0.3) is 0 Å². The first-order valence-corrected chi connectivity index (χ1v) is 5.31. The molecule has 0 aliphatic rings. The summed E-state index contributed by atoms with van der Waals surface area (Å²) in [5, 5.41) is 12.7. The van der Waals surface area contributed by atoms with Crippen molar-refractivity contribution in [2.45, 2.75) is 32.5 Å². The van der Waals surface area contributed by atoms with Crippen molar-refractivity contribution in [2.24, 2.45) is 7.05 Å². The van der Waals surface area contributed by atoms with E-state index in [-0.39, 0.29) is 19.4 Å². The zero-order valence-electron chi connectivity index (χ0n) is 9.92. The molecule has 0 aliphatic carbocycles. The van der Waals surface area contributed by atoms with Crippen LogP contribution in [0, 0.1) is 6.92 Å². The van der Waals surface area contributed by atoms with Gasteiger partial charge in [-0.1, -0.05) is 0 Å². The van der Waals surface area contributed by atoms with E-state index in [1.165, 1.54) is 0 Å². The second-order valence-electron chi connectivity index (χ2n) is 3.82. The van der Waals surface area contributed by atoms with Gasteiger partial charge in [0.05, 0.1) is 12.3 Å². The minimum Gasteiger partial charge on any atom is -0.481 e. The van der Waals surface area contributed by atoms with Gasteiger partial charge in [-0.15, -0.1) is 0 Å². The summed E-state index contributed by atoms with van der Waals surface area (Å²) in [6.07, 6.45) is 0.0435. The van der Waals surface area contributed by atoms with Crippen molar-refractivity contribution in [3.63, 3.8) is 0 Å². The molecule has 1 aromatic rings. The number of aromatic nitrogens is 2. The van der Waals surface area contributed by atoms with Crippen LogP contribution in [0.4, 0.5) is 0 Å². The number of carbonyl (C=O) groups is 2. The van der Waals surface area contributed by atoms with Crippen molar-refractivity contribution in [2.75, 3.05) is 0 Å². The standard InChI is InChI=1S/C11H16N2O4/c1-8-5-9(12-13(8)2)7-17-10(6-14)3-4-11(15)16/h5-6,10H,3-4,7H2,1-2H3,(H,15,16). The van der Waals surface area contributed by atoms with E-state index < -0.39 is 12.1 Å². The van der Waals surface area contributed by atoms with E-state index >= 15 is 0 Å². The van der Waals surface area contributed by atoms with Crippen LogP contribution < -0.4 is 0 Å². The molecule has 0 saturated carbocycles. The Kier molecular flexibility index (Phi) is 4.84. The number of aliphatic carboxylic acids is 1. The number of carboxylic acids is 1. The lowest BCUT2D eigenvalue weighted by atomic mass is 10.2. The fourth-order valence-electron chi connectivity index (χ4n) is 1.35. The summed E-state index contributed by atoms with van der Waals surface area (Å²) in [7, 11) is 1.82. The molecule has 0 amide bonds. The third kappa shape index (κ3) is 4.36. The summed E-state index contributed by atoms with van der Waals surface area (Å²) >= 11 is 0. The van der Waals surface area contributed by atoms with Crippen molar-refractivity contribution >= 4 is 12.3 Å². The Morgan fingerprint density at radius 3 is 2.88 bits per heavy atom. The molecule has 0 fully saturated rings. The van der Waals surface area contributed by atoms with Gasteiger partial charge in [0.1, 0.15) is 12.4 Å². The summed E-state index contributed by atoms with van der Waals surface area (Å²) in [4.78, 5) is 21.0. The Bertz CT molecular complexity index is 381. The molecule has 17 heavy (non-hydrogen) atoms. The van der Waals surface area contributed by atoms with Crippen molar-refractivity contribution in [3.05, 3.63) is 17.5 Å². The zero-order valence-corrected chi connectivity index (χ0v) is 9.92. The lowest BCUT2D eigenvalue weighted by molar-refractivity contribution is -0.138. The smallest absolute Gasteiger partial charge is 0.303 e. The second-order valence-corrected chi connectivity index (χ2v) is 3.82. The lowest BCUT2D eigenvalue weighted by Crippen LogP contribution is -2.16. The number of hydrogen-bond donors (Lipinski definition) is 1. The Balaban J connectivity index is 2.41. The fourth-order valence-corrected chi connectivity index (χ4v) is 1.35. The lowest BCUT2D eigenvalue weighted by Gasteiger charge is -2.08. The van der Waals surface area contributed by atoms with Gasteiger partial charge in [0.15, 0.2) is 0 Å². The van der Waals surface area contributed by atoms with Gasteiger partial charge >= 0.3 is 5.97 Å². The van der Waals surface area contributed by atoms with Crippen LogP contribution in [0.15, 0.2) is 6.07 Å². The van der Waals surface area contributed by atoms with Crippen molar-refractivity contribution < 1.29 is 19.4 Å². The Morgan fingerprint density at radius 1 is 1.71 bits per heavy atom. The Morgan fingerprint density at radius 2 is 2.41 bits per heavy atom. The highest BCUT2D eigenvalue weighted by molar-refractivity contribution is 5.67. The number of nitrogens with zero attached hydrogens (tertiary/aromatic N) is 2. The summed E-state index contributed by atoms with van der Waals surface area (Å²) in [5.41, 5.74) is 1.73. The molecule has 6 nitrogen and oxygen atoms in total. The summed E-state index contributed by atoms with van der Waals surface area (Å²) in [6.45, 7) is 2.13. The molecule has 1 unspecified atom stereocenters. The molecule has 1 rings (SSSR count). The molecule has 0 spiro atoms. The molecule has 0 bridgehead atoms. The third-order valence-electron chi connectivity index (χ3n) is 2.40. The molecule has 1 atom stereocenters. The van der Waals surface area contributed by atoms with Crippen LogP contribution in [-0.4, -0.2) is 33.2 Å². The molecule has 0 saturated heterocycles. The Labute approximate surface area is 99.2 Å². The highest BCUT2D eigenvalue weighted by Gasteiger charge is 2.11. The van der Waals surface area contributed by atoms with Crippen molar-refractivity contribution in [1.82, 2.24) is 9.78 Å². The van der Waals surface area contributed by atoms with E-state index in [4.69, 9.17) is 9.84 Å². The summed E-state index contributed by atoms with van der Waals surface area (Å²) in [5.74, 6) is -0.936. The van der Waals surface area contributed by atoms with E-state index in [9.17, 15) is 9.59 Å². The van der Waals surface area contributed by atoms with Crippen molar-refractivity contribution in [1.29, 1.82) is 0 Å². The summed E-state index contributed by atoms with van der Waals surface area (Å²) < 4.78 is 7.00. The first kappa shape index (κ1) is 13.4. The topological polar surface area (TPSA) is 81.4 Å². The monoisotopic (exact) mass is 240 g/mol. The van der Waals surface area contributed by atoms with Gasteiger partial charge in [-0.05, 0) is 19.4 Å². The number of aldehydes is 1. The first-order valence-electron chi connectivity index (χ1n) is 5.31. The van der Waals surface area contributed by atoms with Crippen LogP contribution in [0.2, 0.25) is 0 Å². The average molecular weight is 240 g/mol. The molecule has 94 valence electrons. The fraction of sp³-hybridized carbons (Fsp3) is 0.545. The molecule has 1 aromatic heterocycles.